The molecule has 112 valence electrons. The Hall–Kier alpha value is -1.02. The lowest BCUT2D eigenvalue weighted by atomic mass is 10.2. The molecule has 2 nitrogen and oxygen atoms in total. The lowest BCUT2D eigenvalue weighted by Gasteiger charge is -2.08. The van der Waals surface area contributed by atoms with E-state index in [-0.39, 0.29) is 0 Å². The second kappa shape index (κ2) is 15.0. The molecule has 0 radical (unpaired) electrons. The Morgan fingerprint density at radius 3 is 2.16 bits per heavy atom. The Balaban J connectivity index is 0. The fourth-order valence-corrected chi connectivity index (χ4v) is 1.52. The van der Waals surface area contributed by atoms with Gasteiger partial charge in [-0.1, -0.05) is 39.3 Å². The molecular formula is C17H32O2. The van der Waals surface area contributed by atoms with Crippen LogP contribution in [0, 0.1) is 6.92 Å². The lowest BCUT2D eigenvalue weighted by Crippen LogP contribution is -2.06. The molecule has 1 aromatic rings. The quantitative estimate of drug-likeness (QED) is 0.727. The van der Waals surface area contributed by atoms with E-state index in [1.807, 2.05) is 52.0 Å². The van der Waals surface area contributed by atoms with E-state index < -0.39 is 0 Å². The third-order valence-electron chi connectivity index (χ3n) is 2.37. The summed E-state index contributed by atoms with van der Waals surface area (Å²) < 4.78 is 10.3. The molecule has 0 aliphatic carbocycles. The molecule has 0 spiro atoms. The van der Waals surface area contributed by atoms with Gasteiger partial charge in [-0.3, -0.25) is 0 Å². The Labute approximate surface area is 120 Å². The van der Waals surface area contributed by atoms with Crippen LogP contribution in [0.25, 0.3) is 0 Å². The van der Waals surface area contributed by atoms with E-state index >= 15 is 0 Å². The SMILES string of the molecule is CC.CCCC(C)OCC.COc1cccc(C)c1. The molecule has 0 heterocycles. The van der Waals surface area contributed by atoms with Crippen LogP contribution in [0.1, 0.15) is 53.0 Å². The number of methoxy groups -OCH3 is 1. The van der Waals surface area contributed by atoms with Crippen LogP contribution < -0.4 is 4.74 Å². The van der Waals surface area contributed by atoms with Crippen molar-refractivity contribution < 1.29 is 9.47 Å². The molecular weight excluding hydrogens is 236 g/mol. The van der Waals surface area contributed by atoms with Gasteiger partial charge in [0.05, 0.1) is 13.2 Å². The van der Waals surface area contributed by atoms with Crippen molar-refractivity contribution in [3.8, 4) is 5.75 Å². The first-order valence-corrected chi connectivity index (χ1v) is 7.36. The highest BCUT2D eigenvalue weighted by Crippen LogP contribution is 2.10. The first-order chi connectivity index (χ1) is 9.13. The van der Waals surface area contributed by atoms with E-state index in [1.165, 1.54) is 18.4 Å². The normalized spacial score (nSPS) is 10.5. The van der Waals surface area contributed by atoms with Gasteiger partial charge in [0, 0.05) is 6.61 Å². The van der Waals surface area contributed by atoms with Gasteiger partial charge in [0.25, 0.3) is 0 Å². The van der Waals surface area contributed by atoms with Crippen LogP contribution in [0.5, 0.6) is 5.75 Å². The van der Waals surface area contributed by atoms with Crippen LogP contribution in [0.15, 0.2) is 24.3 Å². The molecule has 0 saturated heterocycles. The second-order valence-corrected chi connectivity index (χ2v) is 4.08. The maximum absolute atomic E-state index is 5.28. The minimum absolute atomic E-state index is 0.463. The first kappa shape index (κ1) is 20.3. The van der Waals surface area contributed by atoms with Crippen molar-refractivity contribution in [2.75, 3.05) is 13.7 Å². The maximum Gasteiger partial charge on any atom is 0.119 e. The summed E-state index contributed by atoms with van der Waals surface area (Å²) >= 11 is 0. The molecule has 0 aliphatic rings. The molecule has 0 fully saturated rings. The summed E-state index contributed by atoms with van der Waals surface area (Å²) in [6.45, 7) is 13.2. The summed E-state index contributed by atoms with van der Waals surface area (Å²) in [5.41, 5.74) is 1.23. The highest BCUT2D eigenvalue weighted by molar-refractivity contribution is 5.27. The van der Waals surface area contributed by atoms with Crippen LogP contribution in [0.4, 0.5) is 0 Å². The Morgan fingerprint density at radius 2 is 1.79 bits per heavy atom. The van der Waals surface area contributed by atoms with Gasteiger partial charge in [-0.05, 0) is 44.9 Å². The Morgan fingerprint density at radius 1 is 1.16 bits per heavy atom. The lowest BCUT2D eigenvalue weighted by molar-refractivity contribution is 0.0699. The highest BCUT2D eigenvalue weighted by Gasteiger charge is 1.95. The number of rotatable bonds is 5. The summed E-state index contributed by atoms with van der Waals surface area (Å²) in [5.74, 6) is 0.926. The highest BCUT2D eigenvalue weighted by atomic mass is 16.5. The van der Waals surface area contributed by atoms with Gasteiger partial charge in [-0.15, -0.1) is 0 Å². The second-order valence-electron chi connectivity index (χ2n) is 4.08. The summed E-state index contributed by atoms with van der Waals surface area (Å²) in [5, 5.41) is 0. The largest absolute Gasteiger partial charge is 0.497 e. The zero-order valence-corrected chi connectivity index (χ0v) is 13.8. The van der Waals surface area contributed by atoms with E-state index in [9.17, 15) is 0 Å². The van der Waals surface area contributed by atoms with Gasteiger partial charge in [0.2, 0.25) is 0 Å². The monoisotopic (exact) mass is 268 g/mol. The average Bonchev–Trinajstić information content (AvgIpc) is 2.42. The molecule has 0 aromatic heterocycles. The Bertz CT molecular complexity index is 278. The van der Waals surface area contributed by atoms with Gasteiger partial charge in [-0.25, -0.2) is 0 Å². The fourth-order valence-electron chi connectivity index (χ4n) is 1.52. The van der Waals surface area contributed by atoms with Crippen LogP contribution in [-0.2, 0) is 4.74 Å². The molecule has 1 unspecified atom stereocenters. The van der Waals surface area contributed by atoms with Gasteiger partial charge < -0.3 is 9.47 Å². The number of benzene rings is 1. The van der Waals surface area contributed by atoms with Crippen molar-refractivity contribution in [1.29, 1.82) is 0 Å². The predicted octanol–water partition coefficient (Wildman–Crippen LogP) is 5.24. The molecule has 0 bridgehead atoms. The third kappa shape index (κ3) is 13.2. The molecule has 0 N–H and O–H groups in total. The van der Waals surface area contributed by atoms with E-state index in [2.05, 4.69) is 13.8 Å². The smallest absolute Gasteiger partial charge is 0.119 e. The molecule has 1 atom stereocenters. The molecule has 1 aromatic carbocycles. The van der Waals surface area contributed by atoms with Crippen molar-refractivity contribution in [1.82, 2.24) is 0 Å². The number of hydrogen-bond donors (Lipinski definition) is 0. The summed E-state index contributed by atoms with van der Waals surface area (Å²) in [4.78, 5) is 0. The maximum atomic E-state index is 5.28. The molecule has 0 saturated carbocycles. The third-order valence-corrected chi connectivity index (χ3v) is 2.37. The van der Waals surface area contributed by atoms with Gasteiger partial charge in [0.1, 0.15) is 5.75 Å². The molecule has 19 heavy (non-hydrogen) atoms. The summed E-state index contributed by atoms with van der Waals surface area (Å²) in [7, 11) is 1.68. The molecule has 2 heteroatoms. The van der Waals surface area contributed by atoms with Crippen molar-refractivity contribution >= 4 is 0 Å². The fraction of sp³-hybridized carbons (Fsp3) is 0.647. The van der Waals surface area contributed by atoms with Crippen molar-refractivity contribution in [3.63, 3.8) is 0 Å². The van der Waals surface area contributed by atoms with E-state index in [1.54, 1.807) is 7.11 Å². The van der Waals surface area contributed by atoms with Gasteiger partial charge >= 0.3 is 0 Å². The zero-order valence-electron chi connectivity index (χ0n) is 13.8. The van der Waals surface area contributed by atoms with E-state index in [0.29, 0.717) is 6.10 Å². The van der Waals surface area contributed by atoms with E-state index in [0.717, 1.165) is 12.4 Å². The number of aryl methyl sites for hydroxylation is 1. The number of ether oxygens (including phenoxy) is 2. The van der Waals surface area contributed by atoms with Crippen LogP contribution >= 0.6 is 0 Å². The van der Waals surface area contributed by atoms with Crippen LogP contribution in [-0.4, -0.2) is 19.8 Å². The van der Waals surface area contributed by atoms with Gasteiger partial charge in [-0.2, -0.15) is 0 Å². The topological polar surface area (TPSA) is 18.5 Å². The summed E-state index contributed by atoms with van der Waals surface area (Å²) in [6, 6.07) is 7.96. The minimum Gasteiger partial charge on any atom is -0.497 e. The van der Waals surface area contributed by atoms with Crippen molar-refractivity contribution in [2.24, 2.45) is 0 Å². The number of hydrogen-bond acceptors (Lipinski definition) is 2. The van der Waals surface area contributed by atoms with Gasteiger partial charge in [0.15, 0.2) is 0 Å². The van der Waals surface area contributed by atoms with Crippen molar-refractivity contribution in [3.05, 3.63) is 29.8 Å². The van der Waals surface area contributed by atoms with Crippen LogP contribution in [0.3, 0.4) is 0 Å². The Kier molecular flexibility index (Phi) is 16.1. The van der Waals surface area contributed by atoms with Crippen LogP contribution in [0.2, 0.25) is 0 Å². The average molecular weight is 268 g/mol. The molecule has 0 aliphatic heterocycles. The minimum atomic E-state index is 0.463. The van der Waals surface area contributed by atoms with E-state index in [4.69, 9.17) is 9.47 Å². The summed E-state index contributed by atoms with van der Waals surface area (Å²) in [6.07, 6.45) is 2.87. The standard InChI is InChI=1S/C8H10O.C7H16O.C2H6/c1-7-4-3-5-8(6-7)9-2;1-4-6-7(3)8-5-2;1-2/h3-6H,1-2H3;7H,4-6H2,1-3H3;1-2H3. The predicted molar refractivity (Wildman–Crippen MR) is 85.1 cm³/mol. The first-order valence-electron chi connectivity index (χ1n) is 7.36. The van der Waals surface area contributed by atoms with Crippen molar-refractivity contribution in [2.45, 2.75) is 60.5 Å². The molecule has 1 rings (SSSR count). The zero-order chi connectivity index (χ0) is 15.1. The molecule has 0 amide bonds.